The molecular formula is C17H20N2O4. The van der Waals surface area contributed by atoms with Gasteiger partial charge in [0.05, 0.1) is 4.92 Å². The Kier molecular flexibility index (Phi) is 4.83. The van der Waals surface area contributed by atoms with Gasteiger partial charge in [-0.3, -0.25) is 14.9 Å². The maximum atomic E-state index is 12.2. The van der Waals surface area contributed by atoms with Crippen LogP contribution in [0.5, 0.6) is 0 Å². The van der Waals surface area contributed by atoms with Gasteiger partial charge < -0.3 is 9.32 Å². The highest BCUT2D eigenvalue weighted by atomic mass is 16.6. The number of rotatable bonds is 5. The van der Waals surface area contributed by atoms with Crippen LogP contribution in [0.3, 0.4) is 0 Å². The zero-order chi connectivity index (χ0) is 17.1. The monoisotopic (exact) mass is 316 g/mol. The third kappa shape index (κ3) is 3.26. The fourth-order valence-electron chi connectivity index (χ4n) is 2.70. The van der Waals surface area contributed by atoms with Crippen LogP contribution >= 0.6 is 0 Å². The Morgan fingerprint density at radius 2 is 2.00 bits per heavy atom. The van der Waals surface area contributed by atoms with Crippen LogP contribution in [0.2, 0.25) is 0 Å². The summed E-state index contributed by atoms with van der Waals surface area (Å²) in [7, 11) is 0. The molecule has 1 aromatic heterocycles. The third-order valence-corrected chi connectivity index (χ3v) is 3.87. The Hall–Kier alpha value is -2.63. The predicted octanol–water partition coefficient (Wildman–Crippen LogP) is 3.92. The minimum Gasteiger partial charge on any atom is -0.461 e. The number of likely N-dealkylation sites (N-methyl/N-ethyl adjacent to an activating group) is 1. The molecule has 0 unspecified atom stereocenters. The minimum atomic E-state index is -0.439. The maximum absolute atomic E-state index is 12.2. The molecule has 0 N–H and O–H groups in total. The Bertz CT molecular complexity index is 785. The van der Waals surface area contributed by atoms with Gasteiger partial charge in [-0.2, -0.15) is 0 Å². The zero-order valence-corrected chi connectivity index (χ0v) is 13.8. The van der Waals surface area contributed by atoms with E-state index in [4.69, 9.17) is 4.42 Å². The van der Waals surface area contributed by atoms with Crippen LogP contribution in [0, 0.1) is 17.0 Å². The number of amides is 1. The first-order chi connectivity index (χ1) is 10.9. The van der Waals surface area contributed by atoms with Crippen molar-refractivity contribution in [2.75, 3.05) is 13.1 Å². The quantitative estimate of drug-likeness (QED) is 0.476. The molecule has 122 valence electrons. The van der Waals surface area contributed by atoms with Crippen LogP contribution in [0.15, 0.2) is 28.7 Å². The van der Waals surface area contributed by atoms with Crippen molar-refractivity contribution in [3.05, 3.63) is 45.7 Å². The van der Waals surface area contributed by atoms with Crippen molar-refractivity contribution in [3.8, 4) is 0 Å². The molecule has 0 bridgehead atoms. The second kappa shape index (κ2) is 6.64. The molecule has 0 fully saturated rings. The van der Waals surface area contributed by atoms with Gasteiger partial charge >= 0.3 is 0 Å². The highest BCUT2D eigenvalue weighted by Gasteiger charge is 2.17. The summed E-state index contributed by atoms with van der Waals surface area (Å²) in [6.07, 6.45) is 1.56. The minimum absolute atomic E-state index is 0.00224. The number of carbonyl (C=O) groups excluding carboxylic acids is 1. The maximum Gasteiger partial charge on any atom is 0.270 e. The summed E-state index contributed by atoms with van der Waals surface area (Å²) in [4.78, 5) is 24.5. The van der Waals surface area contributed by atoms with Crippen LogP contribution < -0.4 is 0 Å². The van der Waals surface area contributed by atoms with E-state index in [-0.39, 0.29) is 11.6 Å². The van der Waals surface area contributed by atoms with E-state index >= 15 is 0 Å². The Labute approximate surface area is 134 Å². The van der Waals surface area contributed by atoms with Crippen molar-refractivity contribution in [3.63, 3.8) is 0 Å². The van der Waals surface area contributed by atoms with Crippen molar-refractivity contribution in [2.45, 2.75) is 27.7 Å². The molecule has 1 amide bonds. The number of hydrogen-bond acceptors (Lipinski definition) is 4. The fourth-order valence-corrected chi connectivity index (χ4v) is 2.70. The van der Waals surface area contributed by atoms with Gasteiger partial charge in [-0.15, -0.1) is 0 Å². The standard InChI is InChI=1S/C17H20N2O4/c1-5-18(6-2)16(20)9-11(3)17-12(4)23-15-8-7-13(19(21)22)10-14(15)17/h7-10H,5-6H2,1-4H3. The van der Waals surface area contributed by atoms with Crippen LogP contribution in [-0.2, 0) is 4.79 Å². The van der Waals surface area contributed by atoms with Gasteiger partial charge in [0.15, 0.2) is 0 Å². The van der Waals surface area contributed by atoms with E-state index in [1.807, 2.05) is 20.8 Å². The lowest BCUT2D eigenvalue weighted by molar-refractivity contribution is -0.384. The molecule has 6 heteroatoms. The molecule has 23 heavy (non-hydrogen) atoms. The number of aryl methyl sites for hydroxylation is 1. The number of benzene rings is 1. The molecule has 0 saturated carbocycles. The summed E-state index contributed by atoms with van der Waals surface area (Å²) in [5.41, 5.74) is 2.05. The smallest absolute Gasteiger partial charge is 0.270 e. The molecule has 1 heterocycles. The molecule has 0 saturated heterocycles. The first-order valence-corrected chi connectivity index (χ1v) is 7.54. The van der Waals surface area contributed by atoms with Gasteiger partial charge in [-0.1, -0.05) is 0 Å². The number of nitro benzene ring substituents is 1. The van der Waals surface area contributed by atoms with Crippen molar-refractivity contribution in [1.29, 1.82) is 0 Å². The second-order valence-electron chi connectivity index (χ2n) is 5.31. The Morgan fingerprint density at radius 3 is 2.57 bits per heavy atom. The summed E-state index contributed by atoms with van der Waals surface area (Å²) >= 11 is 0. The van der Waals surface area contributed by atoms with Crippen molar-refractivity contribution < 1.29 is 14.1 Å². The van der Waals surface area contributed by atoms with E-state index in [2.05, 4.69) is 0 Å². The third-order valence-electron chi connectivity index (χ3n) is 3.87. The van der Waals surface area contributed by atoms with E-state index in [0.717, 1.165) is 11.1 Å². The molecule has 0 radical (unpaired) electrons. The summed E-state index contributed by atoms with van der Waals surface area (Å²) in [6, 6.07) is 4.49. The van der Waals surface area contributed by atoms with E-state index in [0.29, 0.717) is 29.8 Å². The fraction of sp³-hybridized carbons (Fsp3) is 0.353. The van der Waals surface area contributed by atoms with Crippen LogP contribution in [0.4, 0.5) is 5.69 Å². The summed E-state index contributed by atoms with van der Waals surface area (Å²) in [6.45, 7) is 8.72. The number of nitro groups is 1. The molecule has 0 aliphatic rings. The Balaban J connectivity index is 2.53. The molecule has 0 aliphatic carbocycles. The van der Waals surface area contributed by atoms with Crippen molar-refractivity contribution in [2.24, 2.45) is 0 Å². The highest BCUT2D eigenvalue weighted by molar-refractivity contribution is 6.00. The van der Waals surface area contributed by atoms with Crippen LogP contribution in [0.25, 0.3) is 16.5 Å². The molecule has 2 aromatic rings. The first-order valence-electron chi connectivity index (χ1n) is 7.54. The lowest BCUT2D eigenvalue weighted by Gasteiger charge is -2.16. The predicted molar refractivity (Wildman–Crippen MR) is 89.2 cm³/mol. The molecule has 6 nitrogen and oxygen atoms in total. The van der Waals surface area contributed by atoms with E-state index < -0.39 is 4.92 Å². The van der Waals surface area contributed by atoms with Gasteiger partial charge in [0.2, 0.25) is 5.91 Å². The van der Waals surface area contributed by atoms with Gasteiger partial charge in [-0.05, 0) is 39.3 Å². The number of hydrogen-bond donors (Lipinski definition) is 0. The average molecular weight is 316 g/mol. The van der Waals surface area contributed by atoms with Gasteiger partial charge in [0.25, 0.3) is 5.69 Å². The topological polar surface area (TPSA) is 76.6 Å². The van der Waals surface area contributed by atoms with E-state index in [9.17, 15) is 14.9 Å². The first kappa shape index (κ1) is 16.7. The van der Waals surface area contributed by atoms with E-state index in [1.54, 1.807) is 24.0 Å². The lowest BCUT2D eigenvalue weighted by atomic mass is 10.0. The van der Waals surface area contributed by atoms with Crippen LogP contribution in [0.1, 0.15) is 32.1 Å². The van der Waals surface area contributed by atoms with Gasteiger partial charge in [-0.25, -0.2) is 0 Å². The number of furan rings is 1. The number of nitrogens with zero attached hydrogens (tertiary/aromatic N) is 2. The number of carbonyl (C=O) groups is 1. The normalized spacial score (nSPS) is 11.7. The highest BCUT2D eigenvalue weighted by Crippen LogP contribution is 2.33. The summed E-state index contributed by atoms with van der Waals surface area (Å²) < 4.78 is 5.66. The second-order valence-corrected chi connectivity index (χ2v) is 5.31. The zero-order valence-electron chi connectivity index (χ0n) is 13.8. The summed E-state index contributed by atoms with van der Waals surface area (Å²) in [5, 5.41) is 11.6. The largest absolute Gasteiger partial charge is 0.461 e. The van der Waals surface area contributed by atoms with Gasteiger partial charge in [0.1, 0.15) is 11.3 Å². The summed E-state index contributed by atoms with van der Waals surface area (Å²) in [5.74, 6) is 0.563. The number of non-ortho nitro benzene ring substituents is 1. The average Bonchev–Trinajstić information content (AvgIpc) is 2.83. The molecule has 1 aromatic carbocycles. The molecular weight excluding hydrogens is 296 g/mol. The van der Waals surface area contributed by atoms with Gasteiger partial charge in [0, 0.05) is 42.2 Å². The molecule has 0 spiro atoms. The number of fused-ring (bicyclic) bond motifs is 1. The molecule has 0 aliphatic heterocycles. The van der Waals surface area contributed by atoms with Crippen molar-refractivity contribution in [1.82, 2.24) is 4.90 Å². The Morgan fingerprint density at radius 1 is 1.35 bits per heavy atom. The molecule has 2 rings (SSSR count). The molecule has 0 atom stereocenters. The van der Waals surface area contributed by atoms with E-state index in [1.165, 1.54) is 12.1 Å². The lowest BCUT2D eigenvalue weighted by Crippen LogP contribution is -2.28. The SMILES string of the molecule is CCN(CC)C(=O)C=C(C)c1c(C)oc2ccc([N+](=O)[O-])cc12. The van der Waals surface area contributed by atoms with Crippen LogP contribution in [-0.4, -0.2) is 28.8 Å². The number of allylic oxidation sites excluding steroid dienone is 1. The van der Waals surface area contributed by atoms with Crippen molar-refractivity contribution >= 4 is 28.1 Å².